The van der Waals surface area contributed by atoms with Crippen molar-refractivity contribution in [1.82, 2.24) is 5.32 Å². The van der Waals surface area contributed by atoms with Gasteiger partial charge in [-0.3, -0.25) is 4.79 Å². The van der Waals surface area contributed by atoms with Gasteiger partial charge in [0.15, 0.2) is 0 Å². The summed E-state index contributed by atoms with van der Waals surface area (Å²) < 4.78 is 22.6. The first-order valence-corrected chi connectivity index (χ1v) is 8.70. The number of hydrogen-bond donors (Lipinski definition) is 1. The highest BCUT2D eigenvalue weighted by Crippen LogP contribution is 2.30. The lowest BCUT2D eigenvalue weighted by molar-refractivity contribution is 0.0939. The van der Waals surface area contributed by atoms with Gasteiger partial charge in [0.05, 0.1) is 20.5 Å². The Morgan fingerprint density at radius 1 is 1.25 bits per heavy atom. The van der Waals surface area contributed by atoms with Crippen LogP contribution < -0.4 is 5.32 Å². The summed E-state index contributed by atoms with van der Waals surface area (Å²) >= 11 is 11.8. The molecule has 1 amide bonds. The second-order valence-electron chi connectivity index (χ2n) is 5.45. The zero-order chi connectivity index (χ0) is 15.7. The zero-order valence-electron chi connectivity index (χ0n) is 11.1. The Bertz CT molecular complexity index is 636. The van der Waals surface area contributed by atoms with Crippen molar-refractivity contribution in [1.29, 1.82) is 0 Å². The summed E-state index contributed by atoms with van der Waals surface area (Å²) in [6.45, 7) is 6.24. The highest BCUT2D eigenvalue weighted by atomic mass is 35.7. The number of carbonyl (C=O) groups is 1. The number of rotatable bonds is 3. The first-order chi connectivity index (χ1) is 8.92. The predicted octanol–water partition coefficient (Wildman–Crippen LogP) is 3.70. The van der Waals surface area contributed by atoms with E-state index in [4.69, 9.17) is 33.9 Å². The van der Waals surface area contributed by atoms with Crippen LogP contribution in [-0.2, 0) is 9.05 Å². The van der Waals surface area contributed by atoms with Gasteiger partial charge in [-0.25, -0.2) is 8.42 Å². The van der Waals surface area contributed by atoms with E-state index in [2.05, 4.69) is 5.32 Å². The average molecular weight is 359 g/mol. The lowest BCUT2D eigenvalue weighted by Gasteiger charge is -2.19. The Kier molecular flexibility index (Phi) is 5.35. The van der Waals surface area contributed by atoms with Crippen molar-refractivity contribution in [3.8, 4) is 0 Å². The molecule has 0 bridgehead atoms. The predicted molar refractivity (Wildman–Crippen MR) is 81.3 cm³/mol. The Labute approximate surface area is 132 Å². The SMILES string of the molecule is CC(C)(C)CNC(=O)c1cc(S(=O)(=O)Cl)cc(Cl)c1Cl. The van der Waals surface area contributed by atoms with Gasteiger partial charge >= 0.3 is 0 Å². The van der Waals surface area contributed by atoms with E-state index in [0.29, 0.717) is 6.54 Å². The standard InChI is InChI=1S/C12H14Cl3NO3S/c1-12(2,3)6-16-11(17)8-4-7(20(15,18)19)5-9(13)10(8)14/h4-5H,6H2,1-3H3,(H,16,17). The van der Waals surface area contributed by atoms with Crippen molar-refractivity contribution in [3.63, 3.8) is 0 Å². The van der Waals surface area contributed by atoms with E-state index in [1.54, 1.807) is 0 Å². The summed E-state index contributed by atoms with van der Waals surface area (Å²) in [5, 5.41) is 2.61. The molecule has 4 nitrogen and oxygen atoms in total. The third kappa shape index (κ3) is 4.81. The fourth-order valence-electron chi connectivity index (χ4n) is 1.31. The third-order valence-electron chi connectivity index (χ3n) is 2.31. The molecule has 0 fully saturated rings. The first kappa shape index (κ1) is 17.6. The molecule has 0 spiro atoms. The van der Waals surface area contributed by atoms with Gasteiger partial charge in [0.1, 0.15) is 0 Å². The van der Waals surface area contributed by atoms with Crippen LogP contribution in [0.15, 0.2) is 17.0 Å². The summed E-state index contributed by atoms with van der Waals surface area (Å²) in [5.41, 5.74) is -0.148. The smallest absolute Gasteiger partial charge is 0.261 e. The van der Waals surface area contributed by atoms with E-state index in [-0.39, 0.29) is 25.9 Å². The molecule has 0 saturated heterocycles. The summed E-state index contributed by atoms with van der Waals surface area (Å²) in [4.78, 5) is 11.8. The number of hydrogen-bond acceptors (Lipinski definition) is 3. The van der Waals surface area contributed by atoms with Crippen LogP contribution in [0.2, 0.25) is 10.0 Å². The molecular weight excluding hydrogens is 345 g/mol. The molecule has 8 heteroatoms. The summed E-state index contributed by atoms with van der Waals surface area (Å²) in [6.07, 6.45) is 0. The van der Waals surface area contributed by atoms with Gasteiger partial charge in [-0.05, 0) is 17.5 Å². The quantitative estimate of drug-likeness (QED) is 0.838. The van der Waals surface area contributed by atoms with Crippen LogP contribution in [0.3, 0.4) is 0 Å². The number of amides is 1. The lowest BCUT2D eigenvalue weighted by Crippen LogP contribution is -2.32. The molecular formula is C12H14Cl3NO3S. The average Bonchev–Trinajstić information content (AvgIpc) is 2.27. The number of carbonyl (C=O) groups excluding carboxylic acids is 1. The first-order valence-electron chi connectivity index (χ1n) is 5.64. The molecule has 112 valence electrons. The van der Waals surface area contributed by atoms with E-state index in [9.17, 15) is 13.2 Å². The van der Waals surface area contributed by atoms with Gasteiger partial charge in [-0.1, -0.05) is 44.0 Å². The molecule has 0 radical (unpaired) electrons. The monoisotopic (exact) mass is 357 g/mol. The third-order valence-corrected chi connectivity index (χ3v) is 4.44. The van der Waals surface area contributed by atoms with Gasteiger partial charge in [0.25, 0.3) is 15.0 Å². The van der Waals surface area contributed by atoms with Crippen LogP contribution in [0.5, 0.6) is 0 Å². The number of halogens is 3. The van der Waals surface area contributed by atoms with Crippen molar-refractivity contribution in [2.24, 2.45) is 5.41 Å². The Balaban J connectivity index is 3.18. The molecule has 0 atom stereocenters. The minimum absolute atomic E-state index is 0.0119. The van der Waals surface area contributed by atoms with Gasteiger partial charge in [0.2, 0.25) is 0 Å². The van der Waals surface area contributed by atoms with Crippen molar-refractivity contribution in [2.75, 3.05) is 6.54 Å². The lowest BCUT2D eigenvalue weighted by atomic mass is 9.97. The van der Waals surface area contributed by atoms with Crippen LogP contribution in [0, 0.1) is 5.41 Å². The van der Waals surface area contributed by atoms with Crippen molar-refractivity contribution >= 4 is 48.8 Å². The van der Waals surface area contributed by atoms with E-state index < -0.39 is 15.0 Å². The minimum Gasteiger partial charge on any atom is -0.351 e. The van der Waals surface area contributed by atoms with E-state index in [0.717, 1.165) is 12.1 Å². The van der Waals surface area contributed by atoms with E-state index in [1.807, 2.05) is 20.8 Å². The molecule has 0 aliphatic carbocycles. The molecule has 1 aromatic rings. The second kappa shape index (κ2) is 6.10. The number of benzene rings is 1. The molecule has 1 N–H and O–H groups in total. The van der Waals surface area contributed by atoms with Gasteiger partial charge in [-0.2, -0.15) is 0 Å². The summed E-state index contributed by atoms with van der Waals surface area (Å²) in [7, 11) is 1.26. The molecule has 0 unspecified atom stereocenters. The normalized spacial score (nSPS) is 12.3. The van der Waals surface area contributed by atoms with Crippen LogP contribution in [0.25, 0.3) is 0 Å². The van der Waals surface area contributed by atoms with Crippen molar-refractivity contribution in [2.45, 2.75) is 25.7 Å². The number of nitrogens with one attached hydrogen (secondary N) is 1. The molecule has 1 rings (SSSR count). The largest absolute Gasteiger partial charge is 0.351 e. The van der Waals surface area contributed by atoms with Crippen LogP contribution >= 0.6 is 33.9 Å². The fourth-order valence-corrected chi connectivity index (χ4v) is 2.57. The van der Waals surface area contributed by atoms with Crippen LogP contribution in [-0.4, -0.2) is 20.9 Å². The van der Waals surface area contributed by atoms with Gasteiger partial charge in [0, 0.05) is 17.2 Å². The molecule has 0 aliphatic heterocycles. The summed E-state index contributed by atoms with van der Waals surface area (Å²) in [5.74, 6) is -0.506. The Morgan fingerprint density at radius 3 is 2.25 bits per heavy atom. The molecule has 0 aromatic heterocycles. The Morgan fingerprint density at radius 2 is 1.80 bits per heavy atom. The maximum Gasteiger partial charge on any atom is 0.261 e. The molecule has 0 aliphatic rings. The van der Waals surface area contributed by atoms with Gasteiger partial charge < -0.3 is 5.32 Å². The van der Waals surface area contributed by atoms with Crippen LogP contribution in [0.1, 0.15) is 31.1 Å². The molecule has 1 aromatic carbocycles. The van der Waals surface area contributed by atoms with E-state index in [1.165, 1.54) is 0 Å². The minimum atomic E-state index is -3.99. The van der Waals surface area contributed by atoms with Crippen molar-refractivity contribution in [3.05, 3.63) is 27.7 Å². The highest BCUT2D eigenvalue weighted by molar-refractivity contribution is 8.13. The van der Waals surface area contributed by atoms with Gasteiger partial charge in [-0.15, -0.1) is 0 Å². The fraction of sp³-hybridized carbons (Fsp3) is 0.417. The van der Waals surface area contributed by atoms with Crippen molar-refractivity contribution < 1.29 is 13.2 Å². The highest BCUT2D eigenvalue weighted by Gasteiger charge is 2.21. The molecule has 0 heterocycles. The maximum absolute atomic E-state index is 12.1. The zero-order valence-corrected chi connectivity index (χ0v) is 14.2. The summed E-state index contributed by atoms with van der Waals surface area (Å²) in [6, 6.07) is 2.21. The second-order valence-corrected chi connectivity index (χ2v) is 8.80. The Hall–Kier alpha value is -0.490. The maximum atomic E-state index is 12.1. The van der Waals surface area contributed by atoms with E-state index >= 15 is 0 Å². The van der Waals surface area contributed by atoms with Crippen LogP contribution in [0.4, 0.5) is 0 Å². The topological polar surface area (TPSA) is 63.2 Å². The molecule has 0 saturated carbocycles. The molecule has 20 heavy (non-hydrogen) atoms.